The predicted molar refractivity (Wildman–Crippen MR) is 101 cm³/mol. The van der Waals surface area contributed by atoms with Gasteiger partial charge in [-0.3, -0.25) is 4.99 Å². The van der Waals surface area contributed by atoms with Crippen molar-refractivity contribution in [3.05, 3.63) is 42.3 Å². The molecule has 1 heterocycles. The van der Waals surface area contributed by atoms with Gasteiger partial charge in [-0.1, -0.05) is 44.4 Å². The smallest absolute Gasteiger partial charge is 0.226 e. The first-order valence-electron chi connectivity index (χ1n) is 9.25. The van der Waals surface area contributed by atoms with E-state index in [2.05, 4.69) is 27.5 Å². The number of rotatable bonds is 5. The summed E-state index contributed by atoms with van der Waals surface area (Å²) in [7, 11) is 1.81. The van der Waals surface area contributed by atoms with E-state index >= 15 is 0 Å². The predicted octanol–water partition coefficient (Wildman–Crippen LogP) is 3.98. The highest BCUT2D eigenvalue weighted by molar-refractivity contribution is 5.79. The van der Waals surface area contributed by atoms with E-state index in [9.17, 15) is 0 Å². The Hall–Kier alpha value is -2.30. The van der Waals surface area contributed by atoms with Crippen LogP contribution in [-0.2, 0) is 6.54 Å². The zero-order valence-corrected chi connectivity index (χ0v) is 15.2. The second-order valence-corrected chi connectivity index (χ2v) is 6.72. The van der Waals surface area contributed by atoms with E-state index in [-0.39, 0.29) is 0 Å². The number of guanidine groups is 1. The molecule has 5 heteroatoms. The van der Waals surface area contributed by atoms with Crippen LogP contribution in [0.25, 0.3) is 11.5 Å². The molecule has 0 aliphatic heterocycles. The maximum absolute atomic E-state index is 5.58. The summed E-state index contributed by atoms with van der Waals surface area (Å²) in [6.45, 7) is 2.88. The SMILES string of the molecule is CCC1CCCC(NC(=NC)NCc2coc(-c3ccccc3)n2)C1. The zero-order chi connectivity index (χ0) is 17.5. The van der Waals surface area contributed by atoms with Gasteiger partial charge in [0.2, 0.25) is 5.89 Å². The van der Waals surface area contributed by atoms with Crippen molar-refractivity contribution in [2.45, 2.75) is 51.6 Å². The van der Waals surface area contributed by atoms with Crippen molar-refractivity contribution in [2.75, 3.05) is 7.05 Å². The summed E-state index contributed by atoms with van der Waals surface area (Å²) < 4.78 is 5.58. The Morgan fingerprint density at radius 2 is 2.12 bits per heavy atom. The van der Waals surface area contributed by atoms with Crippen LogP contribution in [0, 0.1) is 5.92 Å². The molecular formula is C20H28N4O. The van der Waals surface area contributed by atoms with Gasteiger partial charge >= 0.3 is 0 Å². The van der Waals surface area contributed by atoms with Gasteiger partial charge in [0.1, 0.15) is 6.26 Å². The highest BCUT2D eigenvalue weighted by Gasteiger charge is 2.21. The summed E-state index contributed by atoms with van der Waals surface area (Å²) in [5, 5.41) is 6.91. The van der Waals surface area contributed by atoms with Crippen molar-refractivity contribution >= 4 is 5.96 Å². The fraction of sp³-hybridized carbons (Fsp3) is 0.500. The molecular weight excluding hydrogens is 312 g/mol. The summed E-state index contributed by atoms with van der Waals surface area (Å²) in [5.41, 5.74) is 1.86. The molecule has 134 valence electrons. The van der Waals surface area contributed by atoms with Gasteiger partial charge in [-0.25, -0.2) is 4.98 Å². The Morgan fingerprint density at radius 1 is 1.28 bits per heavy atom. The maximum Gasteiger partial charge on any atom is 0.226 e. The lowest BCUT2D eigenvalue weighted by atomic mass is 9.84. The number of benzene rings is 1. The van der Waals surface area contributed by atoms with Crippen LogP contribution >= 0.6 is 0 Å². The van der Waals surface area contributed by atoms with Crippen molar-refractivity contribution in [3.8, 4) is 11.5 Å². The minimum Gasteiger partial charge on any atom is -0.444 e. The van der Waals surface area contributed by atoms with Crippen molar-refractivity contribution in [3.63, 3.8) is 0 Å². The Bertz CT molecular complexity index is 680. The van der Waals surface area contributed by atoms with Gasteiger partial charge in [-0.15, -0.1) is 0 Å². The van der Waals surface area contributed by atoms with Crippen LogP contribution in [-0.4, -0.2) is 24.0 Å². The van der Waals surface area contributed by atoms with Crippen LogP contribution in [0.5, 0.6) is 0 Å². The quantitative estimate of drug-likeness (QED) is 0.638. The van der Waals surface area contributed by atoms with Crippen molar-refractivity contribution < 1.29 is 4.42 Å². The van der Waals surface area contributed by atoms with Gasteiger partial charge < -0.3 is 15.1 Å². The van der Waals surface area contributed by atoms with E-state index in [0.717, 1.165) is 23.1 Å². The molecule has 0 bridgehead atoms. The van der Waals surface area contributed by atoms with Crippen LogP contribution in [0.1, 0.15) is 44.7 Å². The standard InChI is InChI=1S/C20H28N4O/c1-3-15-8-7-11-17(12-15)24-20(21-2)22-13-18-14-25-19(23-18)16-9-5-4-6-10-16/h4-6,9-10,14-15,17H,3,7-8,11-13H2,1-2H3,(H2,21,22,24). The topological polar surface area (TPSA) is 62.5 Å². The monoisotopic (exact) mass is 340 g/mol. The van der Waals surface area contributed by atoms with Gasteiger partial charge in [-0.2, -0.15) is 0 Å². The third-order valence-electron chi connectivity index (χ3n) is 4.93. The van der Waals surface area contributed by atoms with Gasteiger partial charge in [0, 0.05) is 18.7 Å². The molecule has 2 N–H and O–H groups in total. The van der Waals surface area contributed by atoms with Gasteiger partial charge in [0.05, 0.1) is 12.2 Å². The average Bonchev–Trinajstić information content (AvgIpc) is 3.15. The minimum absolute atomic E-state index is 0.516. The second kappa shape index (κ2) is 8.70. The van der Waals surface area contributed by atoms with Gasteiger partial charge in [0.25, 0.3) is 0 Å². The average molecular weight is 340 g/mol. The number of oxazole rings is 1. The van der Waals surface area contributed by atoms with Crippen molar-refractivity contribution in [1.29, 1.82) is 0 Å². The lowest BCUT2D eigenvalue weighted by Crippen LogP contribution is -2.45. The van der Waals surface area contributed by atoms with Crippen molar-refractivity contribution in [1.82, 2.24) is 15.6 Å². The van der Waals surface area contributed by atoms with Crippen LogP contribution in [0.15, 0.2) is 46.0 Å². The Morgan fingerprint density at radius 3 is 2.88 bits per heavy atom. The van der Waals surface area contributed by atoms with E-state index in [1.165, 1.54) is 32.1 Å². The molecule has 1 aromatic heterocycles. The Kier molecular flexibility index (Phi) is 6.09. The summed E-state index contributed by atoms with van der Waals surface area (Å²) in [5.74, 6) is 2.33. The first-order chi connectivity index (χ1) is 12.3. The van der Waals surface area contributed by atoms with E-state index in [1.807, 2.05) is 37.4 Å². The molecule has 3 rings (SSSR count). The fourth-order valence-corrected chi connectivity index (χ4v) is 3.46. The molecule has 2 unspecified atom stereocenters. The summed E-state index contributed by atoms with van der Waals surface area (Å²) in [4.78, 5) is 8.90. The molecule has 1 fully saturated rings. The van der Waals surface area contributed by atoms with E-state index in [4.69, 9.17) is 4.42 Å². The van der Waals surface area contributed by atoms with Crippen LogP contribution < -0.4 is 10.6 Å². The largest absolute Gasteiger partial charge is 0.444 e. The minimum atomic E-state index is 0.516. The maximum atomic E-state index is 5.58. The molecule has 0 amide bonds. The highest BCUT2D eigenvalue weighted by atomic mass is 16.3. The molecule has 1 saturated carbocycles. The summed E-state index contributed by atoms with van der Waals surface area (Å²) in [6.07, 6.45) is 8.10. The Labute approximate surface area is 150 Å². The lowest BCUT2D eigenvalue weighted by Gasteiger charge is -2.30. The molecule has 2 aromatic rings. The molecule has 25 heavy (non-hydrogen) atoms. The molecule has 0 saturated heterocycles. The number of nitrogens with zero attached hydrogens (tertiary/aromatic N) is 2. The number of aliphatic imine (C=N–C) groups is 1. The second-order valence-electron chi connectivity index (χ2n) is 6.72. The van der Waals surface area contributed by atoms with Gasteiger partial charge in [-0.05, 0) is 30.9 Å². The molecule has 2 atom stereocenters. The summed E-state index contributed by atoms with van der Waals surface area (Å²) >= 11 is 0. The number of hydrogen-bond donors (Lipinski definition) is 2. The van der Waals surface area contributed by atoms with Crippen molar-refractivity contribution in [2.24, 2.45) is 10.9 Å². The molecule has 1 aromatic carbocycles. The first kappa shape index (κ1) is 17.5. The van der Waals surface area contributed by atoms with E-state index in [1.54, 1.807) is 6.26 Å². The summed E-state index contributed by atoms with van der Waals surface area (Å²) in [6, 6.07) is 10.5. The van der Waals surface area contributed by atoms with Crippen LogP contribution in [0.3, 0.4) is 0 Å². The third kappa shape index (κ3) is 4.84. The Balaban J connectivity index is 1.52. The molecule has 5 nitrogen and oxygen atoms in total. The number of aromatic nitrogens is 1. The van der Waals surface area contributed by atoms with E-state index < -0.39 is 0 Å². The van der Waals surface area contributed by atoms with Crippen LogP contribution in [0.4, 0.5) is 0 Å². The zero-order valence-electron chi connectivity index (χ0n) is 15.2. The number of nitrogens with one attached hydrogen (secondary N) is 2. The molecule has 0 spiro atoms. The van der Waals surface area contributed by atoms with Gasteiger partial charge in [0.15, 0.2) is 5.96 Å². The first-order valence-corrected chi connectivity index (χ1v) is 9.25. The number of hydrogen-bond acceptors (Lipinski definition) is 3. The third-order valence-corrected chi connectivity index (χ3v) is 4.93. The molecule has 1 aliphatic carbocycles. The lowest BCUT2D eigenvalue weighted by molar-refractivity contribution is 0.298. The normalized spacial score (nSPS) is 21.1. The molecule has 0 radical (unpaired) electrons. The molecule has 1 aliphatic rings. The highest BCUT2D eigenvalue weighted by Crippen LogP contribution is 2.26. The van der Waals surface area contributed by atoms with Crippen LogP contribution in [0.2, 0.25) is 0 Å². The van der Waals surface area contributed by atoms with E-state index in [0.29, 0.717) is 18.5 Å². The fourth-order valence-electron chi connectivity index (χ4n) is 3.46.